The third-order valence-corrected chi connectivity index (χ3v) is 3.16. The van der Waals surface area contributed by atoms with Crippen LogP contribution >= 0.6 is 0 Å². The van der Waals surface area contributed by atoms with E-state index in [1.807, 2.05) is 24.3 Å². The van der Waals surface area contributed by atoms with Crippen molar-refractivity contribution in [3.05, 3.63) is 48.0 Å². The Bertz CT molecular complexity index is 790. The first kappa shape index (κ1) is 13.2. The Hall–Kier alpha value is -2.82. The van der Waals surface area contributed by atoms with Gasteiger partial charge in [0.2, 0.25) is 5.89 Å². The van der Waals surface area contributed by atoms with Crippen LogP contribution < -0.4 is 4.74 Å². The molecule has 5 nitrogen and oxygen atoms in total. The number of carbonyl (C=O) groups is 1. The Labute approximate surface area is 121 Å². The fourth-order valence-corrected chi connectivity index (χ4v) is 2.08. The van der Waals surface area contributed by atoms with Gasteiger partial charge in [0.15, 0.2) is 5.58 Å². The van der Waals surface area contributed by atoms with Crippen molar-refractivity contribution in [3.8, 4) is 17.2 Å². The van der Waals surface area contributed by atoms with Gasteiger partial charge in [-0.15, -0.1) is 0 Å². The average Bonchev–Trinajstić information content (AvgIpc) is 2.98. The molecule has 21 heavy (non-hydrogen) atoms. The number of rotatable bonds is 3. The average molecular weight is 283 g/mol. The van der Waals surface area contributed by atoms with E-state index >= 15 is 0 Å². The molecule has 0 saturated carbocycles. The Balaban J connectivity index is 2.10. The standard InChI is InChI=1S/C16H13NO4/c1-19-11-8-6-10(7-9-11)15-17-14-12(16(18)20-2)4-3-5-13(14)21-15/h3-9H,1-2H3. The second-order valence-electron chi connectivity index (χ2n) is 4.39. The van der Waals surface area contributed by atoms with Gasteiger partial charge in [0, 0.05) is 5.56 Å². The lowest BCUT2D eigenvalue weighted by molar-refractivity contribution is 0.0603. The van der Waals surface area contributed by atoms with Crippen molar-refractivity contribution in [2.24, 2.45) is 0 Å². The molecule has 0 spiro atoms. The first-order valence-corrected chi connectivity index (χ1v) is 6.35. The maximum absolute atomic E-state index is 11.7. The number of nitrogens with zero attached hydrogens (tertiary/aromatic N) is 1. The third-order valence-electron chi connectivity index (χ3n) is 3.16. The molecule has 1 aromatic heterocycles. The van der Waals surface area contributed by atoms with E-state index in [4.69, 9.17) is 13.9 Å². The van der Waals surface area contributed by atoms with E-state index < -0.39 is 5.97 Å². The minimum Gasteiger partial charge on any atom is -0.497 e. The van der Waals surface area contributed by atoms with Crippen LogP contribution in [0.1, 0.15) is 10.4 Å². The van der Waals surface area contributed by atoms with Crippen molar-refractivity contribution < 1.29 is 18.7 Å². The zero-order valence-corrected chi connectivity index (χ0v) is 11.6. The van der Waals surface area contributed by atoms with Gasteiger partial charge in [0.1, 0.15) is 11.3 Å². The van der Waals surface area contributed by atoms with E-state index in [0.29, 0.717) is 22.6 Å². The van der Waals surface area contributed by atoms with Crippen LogP contribution in [0.15, 0.2) is 46.9 Å². The first-order chi connectivity index (χ1) is 10.2. The zero-order valence-electron chi connectivity index (χ0n) is 11.6. The predicted molar refractivity (Wildman–Crippen MR) is 77.3 cm³/mol. The van der Waals surface area contributed by atoms with E-state index in [9.17, 15) is 4.79 Å². The van der Waals surface area contributed by atoms with Gasteiger partial charge in [0.05, 0.1) is 19.8 Å². The second-order valence-corrected chi connectivity index (χ2v) is 4.39. The molecular formula is C16H13NO4. The summed E-state index contributed by atoms with van der Waals surface area (Å²) in [5.41, 5.74) is 2.24. The van der Waals surface area contributed by atoms with Crippen LogP contribution in [0.4, 0.5) is 0 Å². The SMILES string of the molecule is COC(=O)c1cccc2oc(-c3ccc(OC)cc3)nc12. The van der Waals surface area contributed by atoms with Crippen molar-refractivity contribution in [1.29, 1.82) is 0 Å². The fourth-order valence-electron chi connectivity index (χ4n) is 2.08. The molecule has 0 aliphatic heterocycles. The summed E-state index contributed by atoms with van der Waals surface area (Å²) in [6.45, 7) is 0. The van der Waals surface area contributed by atoms with Crippen molar-refractivity contribution in [2.75, 3.05) is 14.2 Å². The van der Waals surface area contributed by atoms with Crippen molar-refractivity contribution in [1.82, 2.24) is 4.98 Å². The number of oxazole rings is 1. The number of methoxy groups -OCH3 is 2. The summed E-state index contributed by atoms with van der Waals surface area (Å²) < 4.78 is 15.6. The van der Waals surface area contributed by atoms with E-state index in [1.54, 1.807) is 25.3 Å². The van der Waals surface area contributed by atoms with Gasteiger partial charge in [-0.05, 0) is 36.4 Å². The summed E-state index contributed by atoms with van der Waals surface area (Å²) in [6.07, 6.45) is 0. The molecule has 0 aliphatic rings. The molecule has 0 bridgehead atoms. The molecule has 3 aromatic rings. The van der Waals surface area contributed by atoms with E-state index in [0.717, 1.165) is 11.3 Å². The molecule has 0 aliphatic carbocycles. The summed E-state index contributed by atoms with van der Waals surface area (Å²) in [6, 6.07) is 12.5. The second kappa shape index (κ2) is 5.28. The maximum atomic E-state index is 11.7. The topological polar surface area (TPSA) is 61.6 Å². The summed E-state index contributed by atoms with van der Waals surface area (Å²) in [5, 5.41) is 0. The van der Waals surface area contributed by atoms with Gasteiger partial charge in [0.25, 0.3) is 0 Å². The number of benzene rings is 2. The maximum Gasteiger partial charge on any atom is 0.340 e. The number of aromatic nitrogens is 1. The van der Waals surface area contributed by atoms with Gasteiger partial charge < -0.3 is 13.9 Å². The smallest absolute Gasteiger partial charge is 0.340 e. The Kier molecular flexibility index (Phi) is 3.31. The number of carbonyl (C=O) groups excluding carboxylic acids is 1. The normalized spacial score (nSPS) is 10.6. The Morgan fingerprint density at radius 3 is 2.52 bits per heavy atom. The minimum absolute atomic E-state index is 0.388. The Morgan fingerprint density at radius 1 is 1.10 bits per heavy atom. The lowest BCUT2D eigenvalue weighted by atomic mass is 10.2. The highest BCUT2D eigenvalue weighted by Gasteiger charge is 2.16. The molecule has 0 amide bonds. The van der Waals surface area contributed by atoms with Crippen molar-refractivity contribution in [2.45, 2.75) is 0 Å². The van der Waals surface area contributed by atoms with Crippen molar-refractivity contribution in [3.63, 3.8) is 0 Å². The zero-order chi connectivity index (χ0) is 14.8. The third kappa shape index (κ3) is 2.33. The monoisotopic (exact) mass is 283 g/mol. The molecule has 0 saturated heterocycles. The van der Waals surface area contributed by atoms with E-state index in [1.165, 1.54) is 7.11 Å². The summed E-state index contributed by atoms with van der Waals surface area (Å²) in [4.78, 5) is 16.1. The van der Waals surface area contributed by atoms with E-state index in [-0.39, 0.29) is 0 Å². The van der Waals surface area contributed by atoms with Crippen LogP contribution in [0.2, 0.25) is 0 Å². The molecule has 2 aromatic carbocycles. The lowest BCUT2D eigenvalue weighted by Crippen LogP contribution is -2.01. The van der Waals surface area contributed by atoms with Gasteiger partial charge in [-0.1, -0.05) is 6.07 Å². The molecule has 5 heteroatoms. The van der Waals surface area contributed by atoms with Gasteiger partial charge in [-0.25, -0.2) is 9.78 Å². The Morgan fingerprint density at radius 2 is 1.86 bits per heavy atom. The van der Waals surface area contributed by atoms with Crippen LogP contribution in [0.5, 0.6) is 5.75 Å². The lowest BCUT2D eigenvalue weighted by Gasteiger charge is -1.99. The fraction of sp³-hybridized carbons (Fsp3) is 0.125. The highest BCUT2D eigenvalue weighted by molar-refractivity contribution is 6.01. The molecule has 0 atom stereocenters. The van der Waals surface area contributed by atoms with Crippen LogP contribution in [0, 0.1) is 0 Å². The van der Waals surface area contributed by atoms with E-state index in [2.05, 4.69) is 4.98 Å². The summed E-state index contributed by atoms with van der Waals surface area (Å²) in [7, 11) is 2.95. The highest BCUT2D eigenvalue weighted by atomic mass is 16.5. The molecule has 3 rings (SSSR count). The molecule has 0 unspecified atom stereocenters. The van der Waals surface area contributed by atoms with Gasteiger partial charge in [-0.2, -0.15) is 0 Å². The molecule has 106 valence electrons. The molecule has 0 N–H and O–H groups in total. The molecule has 0 radical (unpaired) electrons. The van der Waals surface area contributed by atoms with Crippen LogP contribution in [0.3, 0.4) is 0 Å². The summed E-state index contributed by atoms with van der Waals surface area (Å²) >= 11 is 0. The van der Waals surface area contributed by atoms with Crippen molar-refractivity contribution >= 4 is 17.1 Å². The number of hydrogen-bond acceptors (Lipinski definition) is 5. The minimum atomic E-state index is -0.435. The number of esters is 1. The summed E-state index contributed by atoms with van der Waals surface area (Å²) in [5.74, 6) is 0.768. The largest absolute Gasteiger partial charge is 0.497 e. The van der Waals surface area contributed by atoms with Gasteiger partial charge in [-0.3, -0.25) is 0 Å². The number of ether oxygens (including phenoxy) is 2. The number of fused-ring (bicyclic) bond motifs is 1. The molecule has 1 heterocycles. The number of hydrogen-bond donors (Lipinski definition) is 0. The quantitative estimate of drug-likeness (QED) is 0.690. The number of para-hydroxylation sites is 1. The van der Waals surface area contributed by atoms with Gasteiger partial charge >= 0.3 is 5.97 Å². The first-order valence-electron chi connectivity index (χ1n) is 6.35. The molecule has 0 fully saturated rings. The van der Waals surface area contributed by atoms with Crippen LogP contribution in [-0.2, 0) is 4.74 Å². The predicted octanol–water partition coefficient (Wildman–Crippen LogP) is 3.29. The van der Waals surface area contributed by atoms with Crippen LogP contribution in [0.25, 0.3) is 22.6 Å². The van der Waals surface area contributed by atoms with Crippen LogP contribution in [-0.4, -0.2) is 25.2 Å². The molecular weight excluding hydrogens is 270 g/mol. The highest BCUT2D eigenvalue weighted by Crippen LogP contribution is 2.27.